The van der Waals surface area contributed by atoms with E-state index in [0.29, 0.717) is 13.1 Å². The average Bonchev–Trinajstić information content (AvgIpc) is 2.36. The predicted octanol–water partition coefficient (Wildman–Crippen LogP) is 2.32. The number of carbonyl (C=O) groups is 1. The lowest BCUT2D eigenvalue weighted by Gasteiger charge is -2.20. The van der Waals surface area contributed by atoms with Crippen LogP contribution in [0.1, 0.15) is 19.8 Å². The zero-order valence-corrected chi connectivity index (χ0v) is 13.4. The van der Waals surface area contributed by atoms with E-state index in [2.05, 4.69) is 34.8 Å². The first-order valence-corrected chi connectivity index (χ1v) is 7.62. The van der Waals surface area contributed by atoms with Crippen molar-refractivity contribution in [2.45, 2.75) is 19.8 Å². The Balaban J connectivity index is 2.47. The molecular formula is C14H21IN2O2. The second kappa shape index (κ2) is 9.28. The Kier molecular flexibility index (Phi) is 8.00. The lowest BCUT2D eigenvalue weighted by atomic mass is 10.3. The molecule has 1 aromatic rings. The number of rotatable bonds is 8. The van der Waals surface area contributed by atoms with Crippen molar-refractivity contribution in [1.29, 1.82) is 0 Å². The van der Waals surface area contributed by atoms with E-state index < -0.39 is 0 Å². The molecule has 2 N–H and O–H groups in total. The fourth-order valence-electron chi connectivity index (χ4n) is 1.76. The second-order valence-corrected chi connectivity index (χ2v) is 5.66. The van der Waals surface area contributed by atoms with E-state index in [1.54, 1.807) is 0 Å². The number of anilines is 1. The first-order chi connectivity index (χ1) is 9.15. The van der Waals surface area contributed by atoms with E-state index in [-0.39, 0.29) is 12.5 Å². The first-order valence-electron chi connectivity index (χ1n) is 6.54. The number of aliphatic hydroxyl groups is 1. The van der Waals surface area contributed by atoms with Gasteiger partial charge in [0.1, 0.15) is 0 Å². The third-order valence-corrected chi connectivity index (χ3v) is 3.39. The molecule has 0 aliphatic rings. The van der Waals surface area contributed by atoms with Crippen molar-refractivity contribution in [2.24, 2.45) is 0 Å². The number of nitrogens with one attached hydrogen (secondary N) is 1. The summed E-state index contributed by atoms with van der Waals surface area (Å²) in [6, 6.07) is 7.71. The standard InChI is InChI=1S/C14H21IN2O2/c1-2-3-7-17(8-9-18)11-14(19)16-13-6-4-5-12(15)10-13/h4-6,10,18H,2-3,7-9,11H2,1H3,(H,16,19). The van der Waals surface area contributed by atoms with Crippen LogP contribution in [0, 0.1) is 3.57 Å². The van der Waals surface area contributed by atoms with Gasteiger partial charge in [0.15, 0.2) is 0 Å². The molecule has 1 aromatic carbocycles. The minimum atomic E-state index is -0.0356. The molecule has 0 aromatic heterocycles. The summed E-state index contributed by atoms with van der Waals surface area (Å²) in [6.45, 7) is 3.91. The van der Waals surface area contributed by atoms with E-state index >= 15 is 0 Å². The number of nitrogens with zero attached hydrogens (tertiary/aromatic N) is 1. The van der Waals surface area contributed by atoms with Gasteiger partial charge in [-0.15, -0.1) is 0 Å². The Labute approximate surface area is 128 Å². The maximum absolute atomic E-state index is 11.9. The highest BCUT2D eigenvalue weighted by atomic mass is 127. The summed E-state index contributed by atoms with van der Waals surface area (Å²) in [7, 11) is 0. The molecule has 19 heavy (non-hydrogen) atoms. The van der Waals surface area contributed by atoms with Gasteiger partial charge in [0.25, 0.3) is 0 Å². The van der Waals surface area contributed by atoms with Crippen molar-refractivity contribution in [1.82, 2.24) is 4.90 Å². The molecular weight excluding hydrogens is 355 g/mol. The molecule has 0 atom stereocenters. The fourth-order valence-corrected chi connectivity index (χ4v) is 2.31. The third kappa shape index (κ3) is 6.89. The molecule has 0 aliphatic heterocycles. The molecule has 0 fully saturated rings. The van der Waals surface area contributed by atoms with Gasteiger partial charge in [-0.05, 0) is 53.8 Å². The number of hydrogen-bond acceptors (Lipinski definition) is 3. The number of carbonyl (C=O) groups excluding carboxylic acids is 1. The zero-order valence-electron chi connectivity index (χ0n) is 11.2. The molecule has 0 unspecified atom stereocenters. The molecule has 1 amide bonds. The van der Waals surface area contributed by atoms with Crippen molar-refractivity contribution in [2.75, 3.05) is 31.6 Å². The fraction of sp³-hybridized carbons (Fsp3) is 0.500. The lowest BCUT2D eigenvalue weighted by Crippen LogP contribution is -2.35. The Bertz CT molecular complexity index is 399. The maximum atomic E-state index is 11.9. The molecule has 106 valence electrons. The summed E-state index contributed by atoms with van der Waals surface area (Å²) in [6.07, 6.45) is 2.12. The molecule has 4 nitrogen and oxygen atoms in total. The summed E-state index contributed by atoms with van der Waals surface area (Å²) in [4.78, 5) is 13.9. The molecule has 0 saturated heterocycles. The van der Waals surface area contributed by atoms with Crippen LogP contribution < -0.4 is 5.32 Å². The van der Waals surface area contributed by atoms with Crippen molar-refractivity contribution < 1.29 is 9.90 Å². The highest BCUT2D eigenvalue weighted by Gasteiger charge is 2.10. The van der Waals surface area contributed by atoms with Gasteiger partial charge in [0.05, 0.1) is 13.2 Å². The van der Waals surface area contributed by atoms with Gasteiger partial charge < -0.3 is 10.4 Å². The number of halogens is 1. The highest BCUT2D eigenvalue weighted by Crippen LogP contribution is 2.12. The van der Waals surface area contributed by atoms with Crippen LogP contribution in [0.25, 0.3) is 0 Å². The number of amides is 1. The van der Waals surface area contributed by atoms with Crippen LogP contribution in [-0.2, 0) is 4.79 Å². The number of aliphatic hydroxyl groups excluding tert-OH is 1. The highest BCUT2D eigenvalue weighted by molar-refractivity contribution is 14.1. The van der Waals surface area contributed by atoms with Crippen molar-refractivity contribution in [3.8, 4) is 0 Å². The summed E-state index contributed by atoms with van der Waals surface area (Å²) in [5, 5.41) is 11.9. The van der Waals surface area contributed by atoms with Gasteiger partial charge in [0, 0.05) is 15.8 Å². The molecule has 0 spiro atoms. The first kappa shape index (κ1) is 16.4. The molecule has 0 saturated carbocycles. The minimum Gasteiger partial charge on any atom is -0.395 e. The normalized spacial score (nSPS) is 10.7. The number of benzene rings is 1. The lowest BCUT2D eigenvalue weighted by molar-refractivity contribution is -0.117. The van der Waals surface area contributed by atoms with Gasteiger partial charge >= 0.3 is 0 Å². The minimum absolute atomic E-state index is 0.0356. The Morgan fingerprint density at radius 3 is 2.84 bits per heavy atom. The summed E-state index contributed by atoms with van der Waals surface area (Å²) >= 11 is 2.21. The van der Waals surface area contributed by atoms with Crippen LogP contribution >= 0.6 is 22.6 Å². The van der Waals surface area contributed by atoms with E-state index in [4.69, 9.17) is 5.11 Å². The van der Waals surface area contributed by atoms with E-state index in [9.17, 15) is 4.79 Å². The Morgan fingerprint density at radius 1 is 1.42 bits per heavy atom. The van der Waals surface area contributed by atoms with Gasteiger partial charge in [-0.2, -0.15) is 0 Å². The summed E-state index contributed by atoms with van der Waals surface area (Å²) in [5.74, 6) is -0.0356. The van der Waals surface area contributed by atoms with Crippen LogP contribution in [0.3, 0.4) is 0 Å². The van der Waals surface area contributed by atoms with Gasteiger partial charge in [-0.25, -0.2) is 0 Å². The molecule has 0 heterocycles. The van der Waals surface area contributed by atoms with Crippen molar-refractivity contribution >= 4 is 34.2 Å². The van der Waals surface area contributed by atoms with Gasteiger partial charge in [-0.3, -0.25) is 9.69 Å². The van der Waals surface area contributed by atoms with Crippen LogP contribution in [0.5, 0.6) is 0 Å². The molecule has 0 radical (unpaired) electrons. The number of unbranched alkanes of at least 4 members (excludes halogenated alkanes) is 1. The maximum Gasteiger partial charge on any atom is 0.238 e. The summed E-state index contributed by atoms with van der Waals surface area (Å²) in [5.41, 5.74) is 0.816. The summed E-state index contributed by atoms with van der Waals surface area (Å²) < 4.78 is 1.09. The van der Waals surface area contributed by atoms with Crippen LogP contribution in [-0.4, -0.2) is 42.2 Å². The van der Waals surface area contributed by atoms with Crippen molar-refractivity contribution in [3.63, 3.8) is 0 Å². The predicted molar refractivity (Wildman–Crippen MR) is 86.2 cm³/mol. The number of hydrogen-bond donors (Lipinski definition) is 2. The smallest absolute Gasteiger partial charge is 0.238 e. The molecule has 1 rings (SSSR count). The Hall–Kier alpha value is -0.660. The van der Waals surface area contributed by atoms with E-state index in [1.165, 1.54) is 0 Å². The molecule has 0 bridgehead atoms. The molecule has 0 aliphatic carbocycles. The molecule has 5 heteroatoms. The van der Waals surface area contributed by atoms with Crippen LogP contribution in [0.2, 0.25) is 0 Å². The van der Waals surface area contributed by atoms with Crippen LogP contribution in [0.4, 0.5) is 5.69 Å². The van der Waals surface area contributed by atoms with Gasteiger partial charge in [0.2, 0.25) is 5.91 Å². The van der Waals surface area contributed by atoms with E-state index in [0.717, 1.165) is 28.6 Å². The van der Waals surface area contributed by atoms with Crippen molar-refractivity contribution in [3.05, 3.63) is 27.8 Å². The Morgan fingerprint density at radius 2 is 2.21 bits per heavy atom. The third-order valence-electron chi connectivity index (χ3n) is 2.72. The van der Waals surface area contributed by atoms with Gasteiger partial charge in [-0.1, -0.05) is 19.4 Å². The zero-order chi connectivity index (χ0) is 14.1. The monoisotopic (exact) mass is 376 g/mol. The SMILES string of the molecule is CCCCN(CCO)CC(=O)Nc1cccc(I)c1. The topological polar surface area (TPSA) is 52.6 Å². The largest absolute Gasteiger partial charge is 0.395 e. The quantitative estimate of drug-likeness (QED) is 0.685. The van der Waals surface area contributed by atoms with Crippen LogP contribution in [0.15, 0.2) is 24.3 Å². The average molecular weight is 376 g/mol. The second-order valence-electron chi connectivity index (χ2n) is 4.41. The van der Waals surface area contributed by atoms with E-state index in [1.807, 2.05) is 29.2 Å².